The van der Waals surface area contributed by atoms with Gasteiger partial charge in [-0.15, -0.1) is 13.2 Å². The van der Waals surface area contributed by atoms with E-state index in [1.165, 1.54) is 23.1 Å². The van der Waals surface area contributed by atoms with Crippen molar-refractivity contribution < 1.29 is 27.2 Å². The van der Waals surface area contributed by atoms with Gasteiger partial charge in [0.2, 0.25) is 5.91 Å². The number of carbonyl (C=O) groups excluding carboxylic acids is 1. The largest absolute Gasteiger partial charge is 0.573 e. The number of rotatable bonds is 4. The molecule has 3 heterocycles. The molecule has 0 saturated carbocycles. The Morgan fingerprint density at radius 1 is 1.12 bits per heavy atom. The van der Waals surface area contributed by atoms with E-state index in [4.69, 9.17) is 4.52 Å². The molecule has 0 aliphatic carbocycles. The van der Waals surface area contributed by atoms with E-state index in [0.29, 0.717) is 18.5 Å². The van der Waals surface area contributed by atoms with Crippen molar-refractivity contribution >= 4 is 23.0 Å². The number of carbonyl (C=O) groups is 1. The number of amides is 1. The fourth-order valence-electron chi connectivity index (χ4n) is 4.59. The summed E-state index contributed by atoms with van der Waals surface area (Å²) in [5.41, 5.74) is 4.79. The number of nitrogens with zero attached hydrogens (tertiary/aromatic N) is 2. The first-order valence-electron chi connectivity index (χ1n) is 10.5. The second-order valence-corrected chi connectivity index (χ2v) is 8.14. The SMILES string of the molecule is Cc1noc(C)c1-c1ccc2c(c1)N[C@@H](C1CCC(=O)N1c1cccc(OC(F)(F)F)c1)N2. The normalized spacial score (nSPS) is 19.9. The van der Waals surface area contributed by atoms with Crippen molar-refractivity contribution in [2.24, 2.45) is 0 Å². The van der Waals surface area contributed by atoms with Crippen molar-refractivity contribution in [3.05, 3.63) is 53.9 Å². The van der Waals surface area contributed by atoms with E-state index >= 15 is 0 Å². The van der Waals surface area contributed by atoms with Gasteiger partial charge in [-0.2, -0.15) is 0 Å². The first-order valence-corrected chi connectivity index (χ1v) is 10.5. The molecule has 2 atom stereocenters. The number of hydrogen-bond acceptors (Lipinski definition) is 6. The number of aryl methyl sites for hydroxylation is 2. The highest BCUT2D eigenvalue weighted by Crippen LogP contribution is 2.39. The fourth-order valence-corrected chi connectivity index (χ4v) is 4.59. The van der Waals surface area contributed by atoms with Gasteiger partial charge in [0.25, 0.3) is 0 Å². The number of ether oxygens (including phenoxy) is 1. The monoisotopic (exact) mass is 458 g/mol. The zero-order valence-electron chi connectivity index (χ0n) is 17.9. The Morgan fingerprint density at radius 2 is 1.91 bits per heavy atom. The molecule has 1 unspecified atom stereocenters. The Bertz CT molecular complexity index is 1200. The summed E-state index contributed by atoms with van der Waals surface area (Å²) in [6.07, 6.45) is -4.26. The summed E-state index contributed by atoms with van der Waals surface area (Å²) in [5, 5.41) is 10.8. The molecule has 0 spiro atoms. The lowest BCUT2D eigenvalue weighted by Crippen LogP contribution is -2.46. The first-order chi connectivity index (χ1) is 15.7. The van der Waals surface area contributed by atoms with Crippen LogP contribution in [0.4, 0.5) is 30.2 Å². The second-order valence-electron chi connectivity index (χ2n) is 8.14. The van der Waals surface area contributed by atoms with Crippen LogP contribution in [0, 0.1) is 13.8 Å². The van der Waals surface area contributed by atoms with Crippen LogP contribution in [-0.2, 0) is 4.79 Å². The average Bonchev–Trinajstić information content (AvgIpc) is 3.42. The third-order valence-corrected chi connectivity index (χ3v) is 5.93. The summed E-state index contributed by atoms with van der Waals surface area (Å²) in [4.78, 5) is 14.2. The summed E-state index contributed by atoms with van der Waals surface area (Å²) in [6.45, 7) is 3.74. The van der Waals surface area contributed by atoms with Crippen LogP contribution < -0.4 is 20.3 Å². The molecule has 7 nitrogen and oxygen atoms in total. The molecule has 10 heteroatoms. The van der Waals surface area contributed by atoms with Gasteiger partial charge < -0.3 is 24.8 Å². The highest BCUT2D eigenvalue weighted by atomic mass is 19.4. The van der Waals surface area contributed by atoms with Crippen LogP contribution in [-0.4, -0.2) is 29.6 Å². The molecule has 2 aliphatic rings. The lowest BCUT2D eigenvalue weighted by Gasteiger charge is -2.30. The third kappa shape index (κ3) is 3.96. The van der Waals surface area contributed by atoms with Crippen molar-refractivity contribution in [1.29, 1.82) is 0 Å². The summed E-state index contributed by atoms with van der Waals surface area (Å²) in [6, 6.07) is 11.1. The van der Waals surface area contributed by atoms with Gasteiger partial charge in [0.05, 0.1) is 23.1 Å². The van der Waals surface area contributed by atoms with Crippen LogP contribution in [0.1, 0.15) is 24.3 Å². The highest BCUT2D eigenvalue weighted by Gasteiger charge is 2.40. The summed E-state index contributed by atoms with van der Waals surface area (Å²) in [5.74, 6) is 0.210. The minimum atomic E-state index is -4.80. The topological polar surface area (TPSA) is 79.6 Å². The van der Waals surface area contributed by atoms with Crippen LogP contribution in [0.25, 0.3) is 11.1 Å². The third-order valence-electron chi connectivity index (χ3n) is 5.93. The fraction of sp³-hybridized carbons (Fsp3) is 0.304. The number of nitrogens with one attached hydrogen (secondary N) is 2. The minimum Gasteiger partial charge on any atom is -0.406 e. The van der Waals surface area contributed by atoms with E-state index in [1.807, 2.05) is 32.0 Å². The summed E-state index contributed by atoms with van der Waals surface area (Å²) < 4.78 is 47.3. The maximum absolute atomic E-state index is 12.7. The molecule has 1 fully saturated rings. The molecule has 33 heavy (non-hydrogen) atoms. The number of fused-ring (bicyclic) bond motifs is 1. The molecule has 0 bridgehead atoms. The quantitative estimate of drug-likeness (QED) is 0.558. The van der Waals surface area contributed by atoms with Gasteiger partial charge in [0, 0.05) is 23.7 Å². The Kier molecular flexibility index (Phi) is 4.95. The van der Waals surface area contributed by atoms with Crippen LogP contribution in [0.3, 0.4) is 0 Å². The number of alkyl halides is 3. The molecule has 1 amide bonds. The number of benzene rings is 2. The summed E-state index contributed by atoms with van der Waals surface area (Å²) in [7, 11) is 0. The van der Waals surface area contributed by atoms with Crippen LogP contribution in [0.2, 0.25) is 0 Å². The predicted octanol–water partition coefficient (Wildman–Crippen LogP) is 5.22. The van der Waals surface area contributed by atoms with Crippen LogP contribution in [0.5, 0.6) is 5.75 Å². The lowest BCUT2D eigenvalue weighted by molar-refractivity contribution is -0.274. The minimum absolute atomic E-state index is 0.153. The molecule has 2 aromatic carbocycles. The number of hydrogen-bond donors (Lipinski definition) is 2. The van der Waals surface area contributed by atoms with E-state index in [2.05, 4.69) is 20.5 Å². The molecule has 1 saturated heterocycles. The van der Waals surface area contributed by atoms with Gasteiger partial charge in [-0.25, -0.2) is 0 Å². The average molecular weight is 458 g/mol. The van der Waals surface area contributed by atoms with E-state index in [-0.39, 0.29) is 23.9 Å². The first kappa shape index (κ1) is 21.2. The van der Waals surface area contributed by atoms with Gasteiger partial charge in [0.15, 0.2) is 0 Å². The van der Waals surface area contributed by atoms with Crippen molar-refractivity contribution in [2.45, 2.75) is 45.3 Å². The van der Waals surface area contributed by atoms with Crippen molar-refractivity contribution in [3.63, 3.8) is 0 Å². The zero-order chi connectivity index (χ0) is 23.3. The van der Waals surface area contributed by atoms with Crippen molar-refractivity contribution in [1.82, 2.24) is 5.16 Å². The Hall–Kier alpha value is -3.69. The molecular formula is C23H21F3N4O3. The van der Waals surface area contributed by atoms with Gasteiger partial charge in [0.1, 0.15) is 17.7 Å². The predicted molar refractivity (Wildman–Crippen MR) is 116 cm³/mol. The second kappa shape index (κ2) is 7.72. The molecular weight excluding hydrogens is 437 g/mol. The van der Waals surface area contributed by atoms with Gasteiger partial charge >= 0.3 is 6.36 Å². The molecule has 5 rings (SSSR count). The standard InChI is InChI=1S/C23H21F3N4O3/c1-12-21(13(2)33-29-12)14-6-7-17-18(10-14)28-22(27-17)19-8-9-20(31)30(19)15-4-3-5-16(11-15)32-23(24,25)26/h3-7,10-11,19,22,27-28H,8-9H2,1-2H3/t19?,22-/m0/s1. The van der Waals surface area contributed by atoms with Gasteiger partial charge in [-0.3, -0.25) is 4.79 Å². The number of aromatic nitrogens is 1. The van der Waals surface area contributed by atoms with E-state index < -0.39 is 6.36 Å². The van der Waals surface area contributed by atoms with Crippen molar-refractivity contribution in [3.8, 4) is 16.9 Å². The highest BCUT2D eigenvalue weighted by molar-refractivity contribution is 5.97. The molecule has 0 radical (unpaired) electrons. The molecule has 2 aliphatic heterocycles. The lowest BCUT2D eigenvalue weighted by atomic mass is 10.0. The summed E-state index contributed by atoms with van der Waals surface area (Å²) >= 11 is 0. The van der Waals surface area contributed by atoms with Crippen LogP contribution >= 0.6 is 0 Å². The van der Waals surface area contributed by atoms with Crippen molar-refractivity contribution in [2.75, 3.05) is 15.5 Å². The van der Waals surface area contributed by atoms with Gasteiger partial charge in [-0.1, -0.05) is 17.3 Å². The maximum Gasteiger partial charge on any atom is 0.573 e. The number of anilines is 3. The molecule has 172 valence electrons. The van der Waals surface area contributed by atoms with E-state index in [1.54, 1.807) is 6.07 Å². The van der Waals surface area contributed by atoms with E-state index in [0.717, 1.165) is 34.0 Å². The Morgan fingerprint density at radius 3 is 2.64 bits per heavy atom. The molecule has 1 aromatic heterocycles. The Balaban J connectivity index is 1.40. The van der Waals surface area contributed by atoms with Gasteiger partial charge in [-0.05, 0) is 50.1 Å². The molecule has 3 aromatic rings. The molecule has 2 N–H and O–H groups in total. The smallest absolute Gasteiger partial charge is 0.406 e. The zero-order valence-corrected chi connectivity index (χ0v) is 17.9. The van der Waals surface area contributed by atoms with Crippen LogP contribution in [0.15, 0.2) is 47.0 Å². The maximum atomic E-state index is 12.7. The van der Waals surface area contributed by atoms with E-state index in [9.17, 15) is 18.0 Å². The number of halogens is 3. The Labute approximate surface area is 187 Å².